The number of nitrogens with one attached hydrogen (secondary N) is 4. The Morgan fingerprint density at radius 1 is 0.393 bits per heavy atom. The van der Waals surface area contributed by atoms with E-state index >= 15 is 8.78 Å². The molecule has 0 aliphatic heterocycles. The Morgan fingerprint density at radius 2 is 0.820 bits per heavy atom. The summed E-state index contributed by atoms with van der Waals surface area (Å²) in [5.41, 5.74) is 12.2. The van der Waals surface area contributed by atoms with Gasteiger partial charge in [-0.25, -0.2) is 17.6 Å². The van der Waals surface area contributed by atoms with Gasteiger partial charge in [-0.2, -0.15) is 20.4 Å². The molecular formula is C96H90F4N14O8. The molecule has 0 atom stereocenters. The highest BCUT2D eigenvalue weighted by atomic mass is 19.1. The first-order chi connectivity index (χ1) is 59.4. The van der Waals surface area contributed by atoms with Crippen molar-refractivity contribution < 1.29 is 55.7 Å². The monoisotopic (exact) mass is 1640 g/mol. The maximum absolute atomic E-state index is 15.2. The molecule has 19 rings (SSSR count). The van der Waals surface area contributed by atoms with Crippen LogP contribution >= 0.6 is 0 Å². The number of aromatic nitrogens is 10. The smallest absolute Gasteiger partial charge is 0.254 e. The first kappa shape index (κ1) is 81.7. The second-order valence-electron chi connectivity index (χ2n) is 31.2. The third kappa shape index (κ3) is 18.8. The fourth-order valence-corrected chi connectivity index (χ4v) is 15.2. The van der Waals surface area contributed by atoms with Gasteiger partial charge in [-0.15, -0.1) is 0 Å². The SMILES string of the molecule is CCOc1cc(C(=O)N(C)Cc2c(F)ccc3cn[nH]c23)ccc1C1CCCC1.CN(Cc1c(F)ccc2cn[nH]c12)C(=O)c1ccc(-c2ccccc2)c(OC2CC2)c1.CN(Cc1cncc2cn[nH]c12)C(=O)c1cc(F)c(-c2ccccc2)c(OC2CC2)c1.CN(Cc1nccc2cn[nH]c12)C(=O)c1cc(F)c(-c2ccccc2)c(OC2CC2)c1. The number of nitrogens with zero attached hydrogens (tertiary/aromatic N) is 10. The van der Waals surface area contributed by atoms with Crippen molar-refractivity contribution in [2.75, 3.05) is 34.8 Å². The van der Waals surface area contributed by atoms with Gasteiger partial charge in [0, 0.05) is 119 Å². The molecule has 620 valence electrons. The highest BCUT2D eigenvalue weighted by molar-refractivity contribution is 5.99. The number of carbonyl (C=O) groups excluding carboxylic acids is 4. The zero-order valence-electron chi connectivity index (χ0n) is 68.0. The van der Waals surface area contributed by atoms with Gasteiger partial charge in [0.25, 0.3) is 23.6 Å². The van der Waals surface area contributed by atoms with Crippen LogP contribution in [0.15, 0.2) is 225 Å². The zero-order chi connectivity index (χ0) is 84.5. The minimum Gasteiger partial charge on any atom is -0.494 e. The summed E-state index contributed by atoms with van der Waals surface area (Å²) in [7, 11) is 6.71. The minimum absolute atomic E-state index is 0.0760. The van der Waals surface area contributed by atoms with Crippen molar-refractivity contribution in [1.82, 2.24) is 70.4 Å². The van der Waals surface area contributed by atoms with Crippen LogP contribution in [0.5, 0.6) is 23.0 Å². The fourth-order valence-electron chi connectivity index (χ4n) is 15.2. The van der Waals surface area contributed by atoms with E-state index in [1.807, 2.05) is 128 Å². The molecule has 4 amide bonds. The number of rotatable bonds is 24. The Labute approximate surface area is 701 Å². The molecule has 4 saturated carbocycles. The molecule has 4 N–H and O–H groups in total. The van der Waals surface area contributed by atoms with Gasteiger partial charge in [-0.1, -0.05) is 110 Å². The lowest BCUT2D eigenvalue weighted by Crippen LogP contribution is -2.27. The van der Waals surface area contributed by atoms with Crippen LogP contribution in [0.1, 0.15) is 146 Å². The van der Waals surface area contributed by atoms with Crippen molar-refractivity contribution in [2.45, 2.75) is 122 Å². The number of halogens is 4. The third-order valence-electron chi connectivity index (χ3n) is 22.0. The minimum atomic E-state index is -0.477. The first-order valence-electron chi connectivity index (χ1n) is 40.9. The predicted octanol–water partition coefficient (Wildman–Crippen LogP) is 19.4. The maximum atomic E-state index is 15.2. The Morgan fingerprint density at radius 3 is 1.33 bits per heavy atom. The largest absolute Gasteiger partial charge is 0.494 e. The molecule has 0 saturated heterocycles. The summed E-state index contributed by atoms with van der Waals surface area (Å²) in [6.07, 6.45) is 22.8. The second kappa shape index (κ2) is 36.7. The number of hydrogen-bond acceptors (Lipinski definition) is 14. The lowest BCUT2D eigenvalue weighted by Gasteiger charge is -2.20. The first-order valence-corrected chi connectivity index (χ1v) is 40.9. The molecular weight excluding hydrogens is 1550 g/mol. The van der Waals surface area contributed by atoms with Crippen LogP contribution in [-0.4, -0.2) is 147 Å². The fraction of sp³-hybridized carbons (Fsp3) is 0.250. The van der Waals surface area contributed by atoms with E-state index in [-0.39, 0.29) is 84.3 Å². The second-order valence-corrected chi connectivity index (χ2v) is 31.2. The summed E-state index contributed by atoms with van der Waals surface area (Å²) in [5, 5.41) is 31.0. The molecule has 4 fully saturated rings. The number of H-pyrrole nitrogens is 4. The lowest BCUT2D eigenvalue weighted by atomic mass is 9.95. The lowest BCUT2D eigenvalue weighted by molar-refractivity contribution is 0.0776. The highest BCUT2D eigenvalue weighted by Gasteiger charge is 2.32. The van der Waals surface area contributed by atoms with Gasteiger partial charge in [-0.3, -0.25) is 49.5 Å². The summed E-state index contributed by atoms with van der Waals surface area (Å²) in [5.74, 6) is 0.168. The molecule has 0 radical (unpaired) electrons. The molecule has 4 aliphatic rings. The van der Waals surface area contributed by atoms with E-state index in [0.29, 0.717) is 86.4 Å². The summed E-state index contributed by atoms with van der Waals surface area (Å²) >= 11 is 0. The van der Waals surface area contributed by atoms with Crippen molar-refractivity contribution in [2.24, 2.45) is 0 Å². The number of carbonyl (C=O) groups is 4. The molecule has 0 spiro atoms. The number of pyridine rings is 2. The van der Waals surface area contributed by atoms with E-state index in [1.54, 1.807) is 108 Å². The van der Waals surface area contributed by atoms with Crippen LogP contribution < -0.4 is 18.9 Å². The predicted molar refractivity (Wildman–Crippen MR) is 458 cm³/mol. The summed E-state index contributed by atoms with van der Waals surface area (Å²) in [6, 6.07) is 53.6. The van der Waals surface area contributed by atoms with Crippen molar-refractivity contribution in [3.63, 3.8) is 0 Å². The summed E-state index contributed by atoms with van der Waals surface area (Å²) in [6.45, 7) is 3.36. The summed E-state index contributed by atoms with van der Waals surface area (Å²) < 4.78 is 83.3. The van der Waals surface area contributed by atoms with E-state index in [0.717, 1.165) is 105 Å². The summed E-state index contributed by atoms with van der Waals surface area (Å²) in [4.78, 5) is 67.1. The molecule has 26 heteroatoms. The van der Waals surface area contributed by atoms with Crippen LogP contribution in [0.4, 0.5) is 17.6 Å². The zero-order valence-corrected chi connectivity index (χ0v) is 68.0. The quantitative estimate of drug-likeness (QED) is 0.0410. The molecule has 0 unspecified atom stereocenters. The maximum Gasteiger partial charge on any atom is 0.254 e. The van der Waals surface area contributed by atoms with E-state index in [4.69, 9.17) is 18.9 Å². The van der Waals surface area contributed by atoms with Gasteiger partial charge < -0.3 is 38.5 Å². The highest BCUT2D eigenvalue weighted by Crippen LogP contribution is 2.43. The molecule has 22 nitrogen and oxygen atoms in total. The normalized spacial score (nSPS) is 13.6. The topological polar surface area (TPSA) is 259 Å². The molecule has 4 aliphatic carbocycles. The third-order valence-corrected chi connectivity index (χ3v) is 22.0. The molecule has 6 aromatic heterocycles. The molecule has 6 heterocycles. The van der Waals surface area contributed by atoms with Gasteiger partial charge in [0.1, 0.15) is 46.3 Å². The van der Waals surface area contributed by atoms with Crippen molar-refractivity contribution in [3.8, 4) is 56.4 Å². The van der Waals surface area contributed by atoms with Gasteiger partial charge in [0.2, 0.25) is 0 Å². The molecule has 15 aromatic rings. The Hall–Kier alpha value is -14.0. The molecule has 122 heavy (non-hydrogen) atoms. The van der Waals surface area contributed by atoms with E-state index in [1.165, 1.54) is 75.1 Å². The van der Waals surface area contributed by atoms with Gasteiger partial charge in [-0.05, 0) is 171 Å². The van der Waals surface area contributed by atoms with Crippen LogP contribution in [0.2, 0.25) is 0 Å². The van der Waals surface area contributed by atoms with Crippen molar-refractivity contribution in [3.05, 3.63) is 299 Å². The van der Waals surface area contributed by atoms with Crippen molar-refractivity contribution in [1.29, 1.82) is 0 Å². The van der Waals surface area contributed by atoms with Gasteiger partial charge in [0.15, 0.2) is 0 Å². The van der Waals surface area contributed by atoms with Crippen LogP contribution in [0.25, 0.3) is 77.0 Å². The van der Waals surface area contributed by atoms with Gasteiger partial charge in [0.05, 0.1) is 108 Å². The van der Waals surface area contributed by atoms with E-state index in [9.17, 15) is 28.0 Å². The van der Waals surface area contributed by atoms with E-state index in [2.05, 4.69) is 50.8 Å². The van der Waals surface area contributed by atoms with Crippen LogP contribution in [0.3, 0.4) is 0 Å². The number of benzene rings is 9. The Kier molecular flexibility index (Phi) is 24.6. The van der Waals surface area contributed by atoms with E-state index < -0.39 is 11.6 Å². The van der Waals surface area contributed by atoms with Crippen molar-refractivity contribution >= 4 is 67.2 Å². The number of ether oxygens (including phenoxy) is 4. The number of amides is 4. The van der Waals surface area contributed by atoms with Crippen LogP contribution in [0, 0.1) is 23.3 Å². The average molecular weight is 1640 g/mol. The average Bonchev–Trinajstić information content (AvgIpc) is 1.53. The number of fused-ring (bicyclic) bond motifs is 4. The number of aromatic amines is 4. The number of hydrogen-bond donors (Lipinski definition) is 4. The van der Waals surface area contributed by atoms with Gasteiger partial charge >= 0.3 is 0 Å². The Balaban J connectivity index is 0.000000121. The molecule has 9 aromatic carbocycles. The molecule has 0 bridgehead atoms. The standard InChI is InChI=1S/C25H22FN3O2.2C24H21FN4O2.C23H26FN3O2/c1-29(15-21-22(26)12-8-18-14-27-28-24(18)21)25(30)17-7-11-20(16-5-3-2-4-6-16)23(13-17)31-19-9-10-19;1-29(14-18-12-26-11-17-13-27-28-23(17)18)24(30)16-9-20(25)22(15-5-3-2-4-6-15)21(10-16)31-19-7-8-19;1-29(14-20-23-16(9-10-26-20)13-27-28-23)24(30)17-11-19(25)22(15-5-3-2-4-6-15)21(12-17)31-18-7-8-18;1-3-29-21-12-16(8-10-18(21)15-6-4-5-7-15)23(28)27(2)14-19-20(24)11-9-17-13-25-26-22(17)19/h2-8,11-14,19H,9-10,15H2,1H3,(H,27,28);2-6,9-13,19H,7-8,14H2,1H3,(H,27,28);2-6,9-13,18H,7-8,14H2,1H3,(H,27,28);8-13,15H,3-7,14H2,1-2H3,(H,25,26). The Bertz CT molecular complexity index is 6090. The van der Waals surface area contributed by atoms with Crippen LogP contribution in [-0.2, 0) is 26.2 Å².